The first kappa shape index (κ1) is 13.0. The fraction of sp³-hybridized carbons (Fsp3) is 0.250. The van der Waals surface area contributed by atoms with Gasteiger partial charge >= 0.3 is 0 Å². The summed E-state index contributed by atoms with van der Waals surface area (Å²) in [5.41, 5.74) is 0.254. The van der Waals surface area contributed by atoms with Crippen LogP contribution in [-0.2, 0) is 0 Å². The highest BCUT2D eigenvalue weighted by Gasteiger charge is 2.13. The Morgan fingerprint density at radius 1 is 1.42 bits per heavy atom. The Kier molecular flexibility index (Phi) is 4.07. The average Bonchev–Trinajstić information content (AvgIpc) is 2.94. The first-order valence-electron chi connectivity index (χ1n) is 5.66. The van der Waals surface area contributed by atoms with Crippen LogP contribution in [0.15, 0.2) is 30.5 Å². The molecule has 0 atom stereocenters. The molecule has 0 aliphatic heterocycles. The molecule has 1 aromatic carbocycles. The van der Waals surface area contributed by atoms with Crippen LogP contribution in [0.25, 0.3) is 0 Å². The molecule has 0 radical (unpaired) electrons. The maximum absolute atomic E-state index is 12.7. The molecule has 0 unspecified atom stereocenters. The van der Waals surface area contributed by atoms with Gasteiger partial charge in [-0.05, 0) is 24.3 Å². The van der Waals surface area contributed by atoms with E-state index in [1.807, 2.05) is 0 Å². The van der Waals surface area contributed by atoms with E-state index in [2.05, 4.69) is 15.4 Å². The quantitative estimate of drug-likeness (QED) is 0.877. The predicted octanol–water partition coefficient (Wildman–Crippen LogP) is 1.09. The number of aromatic amines is 1. The van der Waals surface area contributed by atoms with Crippen LogP contribution >= 0.6 is 0 Å². The molecule has 1 heterocycles. The number of ether oxygens (including phenoxy) is 1. The highest BCUT2D eigenvalue weighted by Crippen LogP contribution is 2.10. The van der Waals surface area contributed by atoms with Gasteiger partial charge in [0.2, 0.25) is 0 Å². The Morgan fingerprint density at radius 2 is 2.16 bits per heavy atom. The molecule has 1 amide bonds. The second-order valence-corrected chi connectivity index (χ2v) is 3.88. The smallest absolute Gasteiger partial charge is 0.275 e. The minimum atomic E-state index is -0.314. The van der Waals surface area contributed by atoms with E-state index in [1.54, 1.807) is 7.05 Å². The Balaban J connectivity index is 1.79. The maximum atomic E-state index is 12.7. The summed E-state index contributed by atoms with van der Waals surface area (Å²) in [4.78, 5) is 13.3. The zero-order valence-corrected chi connectivity index (χ0v) is 10.3. The van der Waals surface area contributed by atoms with E-state index in [1.165, 1.54) is 35.4 Å². The molecule has 7 heteroatoms. The number of nitrogens with zero attached hydrogens (tertiary/aromatic N) is 3. The third-order valence-corrected chi connectivity index (χ3v) is 2.49. The number of hydrogen-bond acceptors (Lipinski definition) is 4. The van der Waals surface area contributed by atoms with Gasteiger partial charge in [0.1, 0.15) is 18.2 Å². The largest absolute Gasteiger partial charge is 0.492 e. The lowest BCUT2D eigenvalue weighted by atomic mass is 10.3. The number of amides is 1. The van der Waals surface area contributed by atoms with E-state index < -0.39 is 0 Å². The molecule has 0 aliphatic carbocycles. The molecule has 6 nitrogen and oxygen atoms in total. The van der Waals surface area contributed by atoms with Crippen LogP contribution in [0.3, 0.4) is 0 Å². The van der Waals surface area contributed by atoms with Crippen LogP contribution in [0.1, 0.15) is 10.5 Å². The summed E-state index contributed by atoms with van der Waals surface area (Å²) >= 11 is 0. The summed E-state index contributed by atoms with van der Waals surface area (Å²) in [6.45, 7) is 0.703. The number of nitrogens with one attached hydrogen (secondary N) is 1. The molecule has 0 spiro atoms. The first-order chi connectivity index (χ1) is 9.16. The lowest BCUT2D eigenvalue weighted by molar-refractivity contribution is 0.0768. The highest BCUT2D eigenvalue weighted by molar-refractivity contribution is 5.91. The number of H-pyrrole nitrogens is 1. The number of rotatable bonds is 5. The van der Waals surface area contributed by atoms with Gasteiger partial charge in [-0.15, -0.1) is 0 Å². The fourth-order valence-corrected chi connectivity index (χ4v) is 1.43. The predicted molar refractivity (Wildman–Crippen MR) is 65.2 cm³/mol. The summed E-state index contributed by atoms with van der Waals surface area (Å²) in [5, 5.41) is 9.65. The van der Waals surface area contributed by atoms with Gasteiger partial charge in [0.25, 0.3) is 5.91 Å². The normalized spacial score (nSPS) is 10.2. The van der Waals surface area contributed by atoms with E-state index in [-0.39, 0.29) is 17.4 Å². The van der Waals surface area contributed by atoms with Gasteiger partial charge in [0, 0.05) is 7.05 Å². The van der Waals surface area contributed by atoms with Crippen LogP contribution in [0, 0.1) is 5.82 Å². The summed E-state index contributed by atoms with van der Waals surface area (Å²) in [6.07, 6.45) is 1.36. The number of carbonyl (C=O) groups excluding carboxylic acids is 1. The number of aromatic nitrogens is 3. The van der Waals surface area contributed by atoms with Crippen molar-refractivity contribution < 1.29 is 13.9 Å². The number of benzene rings is 1. The van der Waals surface area contributed by atoms with Gasteiger partial charge in [-0.25, -0.2) is 4.39 Å². The third kappa shape index (κ3) is 3.51. The molecule has 0 saturated carbocycles. The van der Waals surface area contributed by atoms with Crippen molar-refractivity contribution in [3.63, 3.8) is 0 Å². The fourth-order valence-electron chi connectivity index (χ4n) is 1.43. The van der Waals surface area contributed by atoms with Gasteiger partial charge in [-0.1, -0.05) is 0 Å². The molecule has 1 aromatic heterocycles. The Bertz CT molecular complexity index is 527. The van der Waals surface area contributed by atoms with E-state index in [0.717, 1.165) is 0 Å². The van der Waals surface area contributed by atoms with E-state index in [0.29, 0.717) is 18.9 Å². The SMILES string of the molecule is CN(CCOc1ccc(F)cc1)C(=O)c1cn[nH]n1. The zero-order valence-electron chi connectivity index (χ0n) is 10.3. The van der Waals surface area contributed by atoms with Gasteiger partial charge in [-0.2, -0.15) is 15.4 Å². The summed E-state index contributed by atoms with van der Waals surface area (Å²) in [7, 11) is 1.64. The summed E-state index contributed by atoms with van der Waals surface area (Å²) in [6, 6.07) is 5.71. The van der Waals surface area contributed by atoms with Gasteiger partial charge in [0.05, 0.1) is 12.7 Å². The van der Waals surface area contributed by atoms with Crippen molar-refractivity contribution in [1.29, 1.82) is 0 Å². The zero-order chi connectivity index (χ0) is 13.7. The third-order valence-electron chi connectivity index (χ3n) is 2.49. The Morgan fingerprint density at radius 3 is 2.79 bits per heavy atom. The van der Waals surface area contributed by atoms with Crippen LogP contribution in [0.4, 0.5) is 4.39 Å². The lowest BCUT2D eigenvalue weighted by Crippen LogP contribution is -2.31. The molecule has 0 fully saturated rings. The van der Waals surface area contributed by atoms with Crippen LogP contribution in [-0.4, -0.2) is 46.4 Å². The molecule has 2 aromatic rings. The van der Waals surface area contributed by atoms with Crippen molar-refractivity contribution in [2.75, 3.05) is 20.2 Å². The second-order valence-electron chi connectivity index (χ2n) is 3.88. The summed E-state index contributed by atoms with van der Waals surface area (Å²) in [5.74, 6) is 0.00539. The average molecular weight is 264 g/mol. The molecule has 19 heavy (non-hydrogen) atoms. The van der Waals surface area contributed by atoms with Gasteiger partial charge < -0.3 is 9.64 Å². The Hall–Kier alpha value is -2.44. The van der Waals surface area contributed by atoms with Crippen molar-refractivity contribution in [2.45, 2.75) is 0 Å². The molecule has 0 bridgehead atoms. The van der Waals surface area contributed by atoms with Crippen molar-refractivity contribution in [2.24, 2.45) is 0 Å². The minimum absolute atomic E-state index is 0.239. The number of hydrogen-bond donors (Lipinski definition) is 1. The van der Waals surface area contributed by atoms with Crippen molar-refractivity contribution >= 4 is 5.91 Å². The monoisotopic (exact) mass is 264 g/mol. The highest BCUT2D eigenvalue weighted by atomic mass is 19.1. The van der Waals surface area contributed by atoms with Gasteiger partial charge in [0.15, 0.2) is 5.69 Å². The second kappa shape index (κ2) is 5.94. The van der Waals surface area contributed by atoms with E-state index in [9.17, 15) is 9.18 Å². The number of likely N-dealkylation sites (N-methyl/N-ethyl adjacent to an activating group) is 1. The molecular formula is C12H13FN4O2. The molecular weight excluding hydrogens is 251 g/mol. The minimum Gasteiger partial charge on any atom is -0.492 e. The number of carbonyl (C=O) groups is 1. The maximum Gasteiger partial charge on any atom is 0.275 e. The molecule has 1 N–H and O–H groups in total. The van der Waals surface area contributed by atoms with Crippen molar-refractivity contribution in [3.05, 3.63) is 42.0 Å². The van der Waals surface area contributed by atoms with Gasteiger partial charge in [-0.3, -0.25) is 4.79 Å². The van der Waals surface area contributed by atoms with Crippen LogP contribution in [0.2, 0.25) is 0 Å². The van der Waals surface area contributed by atoms with Crippen molar-refractivity contribution in [3.8, 4) is 5.75 Å². The standard InChI is InChI=1S/C12H13FN4O2/c1-17(12(18)11-8-14-16-15-11)6-7-19-10-4-2-9(13)3-5-10/h2-5,8H,6-7H2,1H3,(H,14,15,16). The van der Waals surface area contributed by atoms with Crippen LogP contribution in [0.5, 0.6) is 5.75 Å². The van der Waals surface area contributed by atoms with Crippen molar-refractivity contribution in [1.82, 2.24) is 20.3 Å². The van der Waals surface area contributed by atoms with E-state index in [4.69, 9.17) is 4.74 Å². The van der Waals surface area contributed by atoms with Crippen LogP contribution < -0.4 is 4.74 Å². The van der Waals surface area contributed by atoms with E-state index >= 15 is 0 Å². The summed E-state index contributed by atoms with van der Waals surface area (Å²) < 4.78 is 18.1. The lowest BCUT2D eigenvalue weighted by Gasteiger charge is -2.15. The Labute approximate surface area is 109 Å². The topological polar surface area (TPSA) is 71.1 Å². The molecule has 100 valence electrons. The molecule has 2 rings (SSSR count). The molecule has 0 saturated heterocycles. The first-order valence-corrected chi connectivity index (χ1v) is 5.66. The number of halogens is 1. The molecule has 0 aliphatic rings.